The van der Waals surface area contributed by atoms with Crippen LogP contribution in [-0.2, 0) is 4.79 Å². The van der Waals surface area contributed by atoms with Crippen molar-refractivity contribution in [3.05, 3.63) is 69.7 Å². The maximum absolute atomic E-state index is 11.9. The summed E-state index contributed by atoms with van der Waals surface area (Å²) in [6.45, 7) is 0. The number of carbonyl (C=O) groups is 1. The van der Waals surface area contributed by atoms with Crippen molar-refractivity contribution >= 4 is 23.1 Å². The van der Waals surface area contributed by atoms with Gasteiger partial charge in [0.1, 0.15) is 0 Å². The first kappa shape index (κ1) is 10.2. The molecular weight excluding hydrogens is 234 g/mol. The lowest BCUT2D eigenvalue weighted by Gasteiger charge is -1.99. The van der Waals surface area contributed by atoms with E-state index in [1.54, 1.807) is 18.2 Å². The average molecular weight is 242 g/mol. The molecule has 0 saturated heterocycles. The number of amides is 1. The van der Waals surface area contributed by atoms with Gasteiger partial charge in [0.05, 0.1) is 10.9 Å². The van der Waals surface area contributed by atoms with Crippen molar-refractivity contribution in [2.24, 2.45) is 4.99 Å². The number of nitrogens with zero attached hydrogens (tertiary/aromatic N) is 1. The molecule has 1 heterocycles. The number of hydrogen-bond donors (Lipinski definition) is 0. The predicted octanol–water partition coefficient (Wildman–Crippen LogP) is 1.70. The summed E-state index contributed by atoms with van der Waals surface area (Å²) < 4.78 is 0. The molecule has 0 N–H and O–H groups in total. The Balaban J connectivity index is 2.40. The Morgan fingerprint density at radius 3 is 2.53 bits per heavy atom. The maximum Gasteiger partial charge on any atom is 0.278 e. The van der Waals surface area contributed by atoms with Gasteiger partial charge in [0.25, 0.3) is 5.91 Å². The van der Waals surface area contributed by atoms with E-state index in [1.807, 2.05) is 30.3 Å². The average Bonchev–Trinajstić information content (AvgIpc) is 2.65. The lowest BCUT2D eigenvalue weighted by atomic mass is 10.0. The molecule has 3 heteroatoms. The first-order valence-corrected chi connectivity index (χ1v) is 5.62. The SMILES string of the molecule is O=C1N=c2ccc(Cl)cc2=C1c1ccccc1. The van der Waals surface area contributed by atoms with Gasteiger partial charge < -0.3 is 0 Å². The molecule has 17 heavy (non-hydrogen) atoms. The van der Waals surface area contributed by atoms with E-state index in [0.717, 1.165) is 10.8 Å². The smallest absolute Gasteiger partial charge is 0.267 e. The second-order valence-corrected chi connectivity index (χ2v) is 4.26. The normalized spacial score (nSPS) is 13.5. The van der Waals surface area contributed by atoms with Gasteiger partial charge in [0, 0.05) is 10.2 Å². The van der Waals surface area contributed by atoms with Crippen LogP contribution in [0.25, 0.3) is 5.57 Å². The zero-order chi connectivity index (χ0) is 11.8. The van der Waals surface area contributed by atoms with Crippen LogP contribution < -0.4 is 10.6 Å². The number of benzene rings is 2. The third-order valence-electron chi connectivity index (χ3n) is 2.73. The lowest BCUT2D eigenvalue weighted by Crippen LogP contribution is -2.22. The first-order valence-electron chi connectivity index (χ1n) is 5.24. The van der Waals surface area contributed by atoms with E-state index in [1.165, 1.54) is 0 Å². The van der Waals surface area contributed by atoms with Crippen LogP contribution in [0.2, 0.25) is 5.02 Å². The number of rotatable bonds is 1. The summed E-state index contributed by atoms with van der Waals surface area (Å²) in [5.41, 5.74) is 1.50. The molecule has 1 aliphatic heterocycles. The highest BCUT2D eigenvalue weighted by molar-refractivity contribution is 6.30. The van der Waals surface area contributed by atoms with Crippen LogP contribution in [0.4, 0.5) is 0 Å². The molecule has 0 aromatic heterocycles. The number of halogens is 1. The second-order valence-electron chi connectivity index (χ2n) is 3.82. The Kier molecular flexibility index (Phi) is 2.30. The number of carbonyl (C=O) groups excluding carboxylic acids is 1. The van der Waals surface area contributed by atoms with Crippen molar-refractivity contribution in [1.29, 1.82) is 0 Å². The first-order chi connectivity index (χ1) is 8.25. The van der Waals surface area contributed by atoms with Gasteiger partial charge in [0.15, 0.2) is 0 Å². The fourth-order valence-electron chi connectivity index (χ4n) is 1.97. The van der Waals surface area contributed by atoms with E-state index in [2.05, 4.69) is 4.99 Å². The Bertz CT molecular complexity index is 720. The highest BCUT2D eigenvalue weighted by atomic mass is 35.5. The lowest BCUT2D eigenvalue weighted by molar-refractivity contribution is -0.112. The Morgan fingerprint density at radius 1 is 1.00 bits per heavy atom. The van der Waals surface area contributed by atoms with Crippen molar-refractivity contribution in [1.82, 2.24) is 0 Å². The minimum absolute atomic E-state index is 0.200. The van der Waals surface area contributed by atoms with E-state index in [0.29, 0.717) is 16.0 Å². The highest BCUT2D eigenvalue weighted by Crippen LogP contribution is 2.14. The molecule has 0 fully saturated rings. The molecule has 0 atom stereocenters. The number of hydrogen-bond acceptors (Lipinski definition) is 1. The Hall–Kier alpha value is -1.93. The summed E-state index contributed by atoms with van der Waals surface area (Å²) in [5.74, 6) is -0.200. The second kappa shape index (κ2) is 3.82. The molecule has 0 bridgehead atoms. The van der Waals surface area contributed by atoms with E-state index in [-0.39, 0.29) is 5.91 Å². The largest absolute Gasteiger partial charge is 0.278 e. The molecule has 2 nitrogen and oxygen atoms in total. The summed E-state index contributed by atoms with van der Waals surface area (Å²) in [4.78, 5) is 15.9. The molecule has 0 radical (unpaired) electrons. The summed E-state index contributed by atoms with van der Waals surface area (Å²) >= 11 is 5.96. The minimum Gasteiger partial charge on any atom is -0.267 e. The topological polar surface area (TPSA) is 29.4 Å². The zero-order valence-corrected chi connectivity index (χ0v) is 9.61. The van der Waals surface area contributed by atoms with Crippen molar-refractivity contribution < 1.29 is 4.79 Å². The standard InChI is InChI=1S/C14H8ClNO/c15-10-6-7-12-11(8-10)13(14(17)16-12)9-4-2-1-3-5-9/h1-8H. The predicted molar refractivity (Wildman–Crippen MR) is 66.2 cm³/mol. The van der Waals surface area contributed by atoms with Crippen LogP contribution in [0.5, 0.6) is 0 Å². The summed E-state index contributed by atoms with van der Waals surface area (Å²) in [6, 6.07) is 14.8. The minimum atomic E-state index is -0.200. The molecule has 82 valence electrons. The van der Waals surface area contributed by atoms with Crippen LogP contribution in [0.1, 0.15) is 5.56 Å². The van der Waals surface area contributed by atoms with Crippen LogP contribution in [0.3, 0.4) is 0 Å². The molecule has 2 aromatic rings. The molecule has 0 aliphatic carbocycles. The van der Waals surface area contributed by atoms with Gasteiger partial charge >= 0.3 is 0 Å². The van der Waals surface area contributed by atoms with Gasteiger partial charge in [-0.2, -0.15) is 0 Å². The zero-order valence-electron chi connectivity index (χ0n) is 8.85. The van der Waals surface area contributed by atoms with Crippen molar-refractivity contribution in [3.8, 4) is 0 Å². The molecular formula is C14H8ClNO. The van der Waals surface area contributed by atoms with E-state index in [4.69, 9.17) is 11.6 Å². The molecule has 2 aromatic carbocycles. The molecule has 0 unspecified atom stereocenters. The van der Waals surface area contributed by atoms with Gasteiger partial charge in [-0.1, -0.05) is 41.9 Å². The van der Waals surface area contributed by atoms with Crippen LogP contribution in [0.15, 0.2) is 53.5 Å². The maximum atomic E-state index is 11.9. The third kappa shape index (κ3) is 1.67. The van der Waals surface area contributed by atoms with Crippen LogP contribution in [-0.4, -0.2) is 5.91 Å². The molecule has 0 spiro atoms. The highest BCUT2D eigenvalue weighted by Gasteiger charge is 2.17. The van der Waals surface area contributed by atoms with Gasteiger partial charge in [-0.15, -0.1) is 0 Å². The molecule has 0 saturated carbocycles. The van der Waals surface area contributed by atoms with Gasteiger partial charge in [-0.3, -0.25) is 4.79 Å². The van der Waals surface area contributed by atoms with Crippen LogP contribution >= 0.6 is 11.6 Å². The molecule has 1 amide bonds. The van der Waals surface area contributed by atoms with Gasteiger partial charge in [-0.05, 0) is 23.8 Å². The Labute approximate surface area is 103 Å². The fraction of sp³-hybridized carbons (Fsp3) is 0. The molecule has 1 aliphatic rings. The third-order valence-corrected chi connectivity index (χ3v) is 2.96. The quantitative estimate of drug-likeness (QED) is 0.747. The summed E-state index contributed by atoms with van der Waals surface area (Å²) in [6.07, 6.45) is 0. The van der Waals surface area contributed by atoms with Gasteiger partial charge in [-0.25, -0.2) is 4.99 Å². The summed E-state index contributed by atoms with van der Waals surface area (Å²) in [7, 11) is 0. The van der Waals surface area contributed by atoms with E-state index >= 15 is 0 Å². The van der Waals surface area contributed by atoms with E-state index in [9.17, 15) is 4.79 Å². The van der Waals surface area contributed by atoms with Gasteiger partial charge in [0.2, 0.25) is 0 Å². The van der Waals surface area contributed by atoms with Crippen molar-refractivity contribution in [2.75, 3.05) is 0 Å². The molecule has 3 rings (SSSR count). The number of fused-ring (bicyclic) bond motifs is 1. The van der Waals surface area contributed by atoms with Crippen molar-refractivity contribution in [3.63, 3.8) is 0 Å². The fourth-order valence-corrected chi connectivity index (χ4v) is 2.14. The monoisotopic (exact) mass is 241 g/mol. The van der Waals surface area contributed by atoms with E-state index < -0.39 is 0 Å². The van der Waals surface area contributed by atoms with Crippen LogP contribution in [0, 0.1) is 0 Å². The van der Waals surface area contributed by atoms with Crippen molar-refractivity contribution in [2.45, 2.75) is 0 Å². The Morgan fingerprint density at radius 2 is 1.76 bits per heavy atom. The summed E-state index contributed by atoms with van der Waals surface area (Å²) in [5, 5.41) is 2.12.